The molecule has 0 aliphatic rings. The average molecular weight is 361 g/mol. The van der Waals surface area contributed by atoms with Gasteiger partial charge in [0, 0.05) is 0 Å². The van der Waals surface area contributed by atoms with Crippen LogP contribution in [0.5, 0.6) is 0 Å². The molecular formula is C19H23NO4S. The fourth-order valence-electron chi connectivity index (χ4n) is 2.79. The number of benzene rings is 2. The Morgan fingerprint density at radius 2 is 1.48 bits per heavy atom. The Morgan fingerprint density at radius 1 is 0.920 bits per heavy atom. The Kier molecular flexibility index (Phi) is 6.58. The summed E-state index contributed by atoms with van der Waals surface area (Å²) in [6.45, 7) is 0. The normalized spacial score (nSPS) is 11.2. The molecule has 0 fully saturated rings. The van der Waals surface area contributed by atoms with Gasteiger partial charge in [0.25, 0.3) is 0 Å². The number of aryl methyl sites for hydroxylation is 2. The number of carboxylic acids is 1. The second-order valence-electron chi connectivity index (χ2n) is 6.05. The quantitative estimate of drug-likeness (QED) is 0.667. The summed E-state index contributed by atoms with van der Waals surface area (Å²) in [5, 5.41) is 9.18. The van der Waals surface area contributed by atoms with E-state index in [1.54, 1.807) is 24.3 Å². The van der Waals surface area contributed by atoms with Crippen LogP contribution in [-0.2, 0) is 22.9 Å². The van der Waals surface area contributed by atoms with E-state index >= 15 is 0 Å². The zero-order valence-electron chi connectivity index (χ0n) is 14.2. The smallest absolute Gasteiger partial charge is 0.335 e. The lowest BCUT2D eigenvalue weighted by Gasteiger charge is -2.10. The van der Waals surface area contributed by atoms with Crippen LogP contribution in [0.1, 0.15) is 40.7 Å². The lowest BCUT2D eigenvalue weighted by molar-refractivity contribution is 0.0695. The highest BCUT2D eigenvalue weighted by Gasteiger charge is 2.09. The van der Waals surface area contributed by atoms with E-state index in [1.807, 2.05) is 24.3 Å². The maximum Gasteiger partial charge on any atom is 0.335 e. The number of hydrogen-bond donors (Lipinski definition) is 2. The van der Waals surface area contributed by atoms with Gasteiger partial charge in [0.2, 0.25) is 10.0 Å². The van der Waals surface area contributed by atoms with Gasteiger partial charge in [0.1, 0.15) is 0 Å². The minimum Gasteiger partial charge on any atom is -0.478 e. The third kappa shape index (κ3) is 6.23. The van der Waals surface area contributed by atoms with Gasteiger partial charge in [-0.25, -0.2) is 13.2 Å². The number of anilines is 1. The summed E-state index contributed by atoms with van der Waals surface area (Å²) in [6.07, 6.45) is 5.40. The van der Waals surface area contributed by atoms with Crippen LogP contribution in [0.2, 0.25) is 0 Å². The second-order valence-corrected chi connectivity index (χ2v) is 7.80. The molecule has 2 rings (SSSR count). The second kappa shape index (κ2) is 8.67. The highest BCUT2D eigenvalue weighted by Crippen LogP contribution is 2.20. The van der Waals surface area contributed by atoms with Crippen molar-refractivity contribution in [2.75, 3.05) is 11.0 Å². The van der Waals surface area contributed by atoms with Crippen molar-refractivity contribution in [2.45, 2.75) is 32.1 Å². The minimum absolute atomic E-state index is 0.366. The number of sulfonamides is 1. The van der Waals surface area contributed by atoms with E-state index in [2.05, 4.69) is 4.72 Å². The summed E-state index contributed by atoms with van der Waals surface area (Å²) >= 11 is 0. The van der Waals surface area contributed by atoms with E-state index < -0.39 is 16.0 Å². The zero-order valence-corrected chi connectivity index (χ0v) is 15.1. The predicted molar refractivity (Wildman–Crippen MR) is 99.6 cm³/mol. The van der Waals surface area contributed by atoms with E-state index in [0.717, 1.165) is 49.5 Å². The van der Waals surface area contributed by atoms with Gasteiger partial charge in [-0.05, 0) is 48.9 Å². The molecule has 6 heteroatoms. The van der Waals surface area contributed by atoms with E-state index in [4.69, 9.17) is 0 Å². The fourth-order valence-corrected chi connectivity index (χ4v) is 3.39. The topological polar surface area (TPSA) is 83.5 Å². The molecule has 2 aromatic carbocycles. The molecule has 2 aromatic rings. The first-order valence-corrected chi connectivity index (χ1v) is 10.1. The fraction of sp³-hybridized carbons (Fsp3) is 0.316. The molecule has 134 valence electrons. The van der Waals surface area contributed by atoms with Gasteiger partial charge >= 0.3 is 5.97 Å². The Labute approximate surface area is 148 Å². The maximum atomic E-state index is 11.4. The number of nitrogens with one attached hydrogen (secondary N) is 1. The Hall–Kier alpha value is -2.34. The van der Waals surface area contributed by atoms with Gasteiger partial charge in [0.15, 0.2) is 0 Å². The summed E-state index contributed by atoms with van der Waals surface area (Å²) in [7, 11) is -3.29. The molecule has 0 unspecified atom stereocenters. The first-order chi connectivity index (χ1) is 11.9. The third-order valence-corrected chi connectivity index (χ3v) is 4.54. The van der Waals surface area contributed by atoms with Crippen LogP contribution in [0.4, 0.5) is 5.69 Å². The van der Waals surface area contributed by atoms with Crippen LogP contribution < -0.4 is 4.72 Å². The van der Waals surface area contributed by atoms with E-state index in [0.29, 0.717) is 11.3 Å². The van der Waals surface area contributed by atoms with Crippen LogP contribution >= 0.6 is 0 Å². The highest BCUT2D eigenvalue weighted by molar-refractivity contribution is 7.92. The van der Waals surface area contributed by atoms with Crippen molar-refractivity contribution in [1.29, 1.82) is 0 Å². The third-order valence-electron chi connectivity index (χ3n) is 3.95. The van der Waals surface area contributed by atoms with Crippen molar-refractivity contribution in [3.05, 3.63) is 65.2 Å². The van der Waals surface area contributed by atoms with Crippen LogP contribution in [0.25, 0.3) is 0 Å². The van der Waals surface area contributed by atoms with Crippen molar-refractivity contribution in [3.63, 3.8) is 0 Å². The van der Waals surface area contributed by atoms with Gasteiger partial charge in [-0.15, -0.1) is 0 Å². The molecule has 0 saturated carbocycles. The van der Waals surface area contributed by atoms with Crippen LogP contribution in [-0.4, -0.2) is 25.7 Å². The van der Waals surface area contributed by atoms with Crippen LogP contribution in [0.15, 0.2) is 48.5 Å². The van der Waals surface area contributed by atoms with Crippen molar-refractivity contribution in [3.8, 4) is 0 Å². The van der Waals surface area contributed by atoms with Gasteiger partial charge in [-0.3, -0.25) is 4.72 Å². The van der Waals surface area contributed by atoms with Gasteiger partial charge in [-0.1, -0.05) is 42.8 Å². The number of carbonyl (C=O) groups is 1. The molecule has 0 spiro atoms. The minimum atomic E-state index is -3.29. The summed E-state index contributed by atoms with van der Waals surface area (Å²) < 4.78 is 25.4. The first-order valence-electron chi connectivity index (χ1n) is 8.24. The molecule has 0 amide bonds. The molecule has 0 radical (unpaired) electrons. The molecule has 5 nitrogen and oxygen atoms in total. The highest BCUT2D eigenvalue weighted by atomic mass is 32.2. The molecule has 0 aliphatic heterocycles. The van der Waals surface area contributed by atoms with Gasteiger partial charge < -0.3 is 5.11 Å². The Balaban J connectivity index is 1.86. The van der Waals surface area contributed by atoms with Crippen molar-refractivity contribution < 1.29 is 18.3 Å². The summed E-state index contributed by atoms with van der Waals surface area (Å²) in [5.41, 5.74) is 2.82. The molecule has 0 heterocycles. The van der Waals surface area contributed by atoms with Crippen molar-refractivity contribution in [1.82, 2.24) is 0 Å². The molecule has 25 heavy (non-hydrogen) atoms. The number of carboxylic acid groups (broad SMARTS) is 1. The zero-order chi connectivity index (χ0) is 18.3. The number of aromatic carboxylic acids is 1. The molecule has 2 N–H and O–H groups in total. The number of unbranched alkanes of at least 4 members (excludes halogenated alkanes) is 2. The molecular weight excluding hydrogens is 338 g/mol. The summed E-state index contributed by atoms with van der Waals surface area (Å²) in [4.78, 5) is 11.2. The first kappa shape index (κ1) is 19.0. The Morgan fingerprint density at radius 3 is 2.12 bits per heavy atom. The lowest BCUT2D eigenvalue weighted by atomic mass is 9.99. The number of hydrogen-bond acceptors (Lipinski definition) is 3. The summed E-state index contributed by atoms with van der Waals surface area (Å²) in [5.74, 6) is -0.892. The van der Waals surface area contributed by atoms with Crippen molar-refractivity contribution in [2.24, 2.45) is 0 Å². The van der Waals surface area contributed by atoms with Crippen LogP contribution in [0.3, 0.4) is 0 Å². The largest absolute Gasteiger partial charge is 0.478 e. The monoisotopic (exact) mass is 361 g/mol. The SMILES string of the molecule is CS(=O)(=O)Nc1ccccc1CCCCCc1ccccc1C(=O)O. The van der Waals surface area contributed by atoms with E-state index in [-0.39, 0.29) is 0 Å². The van der Waals surface area contributed by atoms with E-state index in [9.17, 15) is 18.3 Å². The molecule has 0 saturated heterocycles. The van der Waals surface area contributed by atoms with Crippen molar-refractivity contribution >= 4 is 21.7 Å². The Bertz CT molecular complexity index is 831. The van der Waals surface area contributed by atoms with E-state index in [1.165, 1.54) is 0 Å². The average Bonchev–Trinajstić information content (AvgIpc) is 2.55. The molecule has 0 aromatic heterocycles. The lowest BCUT2D eigenvalue weighted by Crippen LogP contribution is -2.11. The number of para-hydroxylation sites is 1. The molecule has 0 aliphatic carbocycles. The maximum absolute atomic E-state index is 11.4. The van der Waals surface area contributed by atoms with Crippen LogP contribution in [0, 0.1) is 0 Å². The van der Waals surface area contributed by atoms with Gasteiger partial charge in [-0.2, -0.15) is 0 Å². The molecule has 0 atom stereocenters. The number of rotatable bonds is 9. The van der Waals surface area contributed by atoms with Gasteiger partial charge in [0.05, 0.1) is 17.5 Å². The standard InChI is InChI=1S/C19H23NO4S/c1-25(23,24)20-18-14-8-6-12-16(18)11-4-2-3-9-15-10-5-7-13-17(15)19(21)22/h5-8,10,12-14,20H,2-4,9,11H2,1H3,(H,21,22). The predicted octanol–water partition coefficient (Wildman–Crippen LogP) is 3.71. The summed E-state index contributed by atoms with van der Waals surface area (Å²) in [6, 6.07) is 14.5. The molecule has 0 bridgehead atoms.